The van der Waals surface area contributed by atoms with Crippen LogP contribution in [0.1, 0.15) is 38.2 Å². The molecule has 0 aromatic heterocycles. The zero-order chi connectivity index (χ0) is 23.1. The van der Waals surface area contributed by atoms with E-state index < -0.39 is 0 Å². The molecule has 0 saturated carbocycles. The maximum absolute atomic E-state index is 13.3. The van der Waals surface area contributed by atoms with Crippen molar-refractivity contribution in [3.05, 3.63) is 106 Å². The number of hydrogen-bond donors (Lipinski definition) is 2. The van der Waals surface area contributed by atoms with Gasteiger partial charge in [-0.3, -0.25) is 4.79 Å². The third-order valence-corrected chi connectivity index (χ3v) is 5.80. The van der Waals surface area contributed by atoms with Crippen LogP contribution in [0.5, 0.6) is 28.7 Å². The number of ether oxygens (including phenoxy) is 2. The van der Waals surface area contributed by atoms with E-state index in [4.69, 9.17) is 15.2 Å². The summed E-state index contributed by atoms with van der Waals surface area (Å²) in [6.07, 6.45) is 0.408. The number of aryl methyl sites for hydroxylation is 2. The second-order valence-corrected chi connectivity index (χ2v) is 8.27. The average molecular weight is 437 g/mol. The first-order valence-corrected chi connectivity index (χ1v) is 10.7. The van der Waals surface area contributed by atoms with Crippen LogP contribution in [0, 0.1) is 13.8 Å². The van der Waals surface area contributed by atoms with E-state index in [-0.39, 0.29) is 34.3 Å². The molecule has 0 aliphatic heterocycles. The molecular weight excluding hydrogens is 414 g/mol. The van der Waals surface area contributed by atoms with Gasteiger partial charge in [-0.05, 0) is 60.4 Å². The first kappa shape index (κ1) is 20.6. The van der Waals surface area contributed by atoms with Crippen molar-refractivity contribution in [2.75, 3.05) is 5.73 Å². The minimum absolute atomic E-state index is 0.0195. The predicted octanol–water partition coefficient (Wildman–Crippen LogP) is 6.31. The largest absolute Gasteiger partial charge is 0.504 e. The molecule has 5 heteroatoms. The number of ketones is 1. The number of carbonyl (C=O) groups excluding carboxylic acids is 1. The summed E-state index contributed by atoms with van der Waals surface area (Å²) in [5, 5.41) is 11.3. The molecule has 1 aliphatic rings. The number of aromatic hydroxyl groups is 1. The van der Waals surface area contributed by atoms with Crippen molar-refractivity contribution < 1.29 is 19.4 Å². The maximum Gasteiger partial charge on any atom is 0.214 e. The van der Waals surface area contributed by atoms with E-state index in [9.17, 15) is 9.90 Å². The summed E-state index contributed by atoms with van der Waals surface area (Å²) in [6.45, 7) is 3.90. The third kappa shape index (κ3) is 3.68. The fourth-order valence-corrected chi connectivity index (χ4v) is 4.20. The molecule has 0 spiro atoms. The molecule has 4 aromatic carbocycles. The number of phenols is 1. The van der Waals surface area contributed by atoms with E-state index in [1.54, 1.807) is 18.2 Å². The molecule has 4 aromatic rings. The number of nitrogens with two attached hydrogens (primary N) is 1. The van der Waals surface area contributed by atoms with E-state index in [2.05, 4.69) is 0 Å². The highest BCUT2D eigenvalue weighted by atomic mass is 16.5. The number of fused-ring (bicyclic) bond motifs is 2. The number of anilines is 1. The van der Waals surface area contributed by atoms with Gasteiger partial charge in [0.05, 0.1) is 11.3 Å². The third-order valence-electron chi connectivity index (χ3n) is 5.80. The van der Waals surface area contributed by atoms with Crippen molar-refractivity contribution >= 4 is 11.5 Å². The predicted molar refractivity (Wildman–Crippen MR) is 128 cm³/mol. The number of hydrogen-bond acceptors (Lipinski definition) is 5. The highest BCUT2D eigenvalue weighted by Crippen LogP contribution is 2.52. The minimum atomic E-state index is -0.285. The lowest BCUT2D eigenvalue weighted by atomic mass is 9.83. The first-order valence-electron chi connectivity index (χ1n) is 10.7. The van der Waals surface area contributed by atoms with Crippen molar-refractivity contribution in [3.8, 4) is 28.7 Å². The van der Waals surface area contributed by atoms with Crippen molar-refractivity contribution in [1.29, 1.82) is 0 Å². The van der Waals surface area contributed by atoms with E-state index in [0.29, 0.717) is 29.0 Å². The maximum atomic E-state index is 13.3. The highest BCUT2D eigenvalue weighted by Gasteiger charge is 2.34. The average Bonchev–Trinajstić information content (AvgIpc) is 2.80. The van der Waals surface area contributed by atoms with Gasteiger partial charge in [0, 0.05) is 12.0 Å². The van der Waals surface area contributed by atoms with Crippen LogP contribution >= 0.6 is 0 Å². The Morgan fingerprint density at radius 3 is 2.06 bits per heavy atom. The van der Waals surface area contributed by atoms with Crippen molar-refractivity contribution in [1.82, 2.24) is 0 Å². The molecule has 0 fully saturated rings. The molecule has 5 nitrogen and oxygen atoms in total. The van der Waals surface area contributed by atoms with E-state index >= 15 is 0 Å². The van der Waals surface area contributed by atoms with E-state index in [1.165, 1.54) is 0 Å². The Morgan fingerprint density at radius 1 is 0.818 bits per heavy atom. The fraction of sp³-hybridized carbons (Fsp3) is 0.107. The Balaban J connectivity index is 1.71. The fourth-order valence-electron chi connectivity index (χ4n) is 4.20. The standard InChI is InChI=1S/C28H23NO4/c1-16-7-5-10-19(13-16)32-27-24(29)22-15-18-9-3-4-12-21(18)25(30)23(22)26(31)28(27)33-20-11-6-8-17(2)14-20/h3-14,31H,15,29H2,1-2H3. The molecule has 0 unspecified atom stereocenters. The van der Waals surface area contributed by atoms with Gasteiger partial charge in [0.1, 0.15) is 11.5 Å². The van der Waals surface area contributed by atoms with Crippen LogP contribution < -0.4 is 15.2 Å². The zero-order valence-electron chi connectivity index (χ0n) is 18.4. The molecule has 33 heavy (non-hydrogen) atoms. The summed E-state index contributed by atoms with van der Waals surface area (Å²) in [6, 6.07) is 22.3. The van der Waals surface area contributed by atoms with Gasteiger partial charge in [-0.1, -0.05) is 48.5 Å². The Morgan fingerprint density at radius 2 is 1.42 bits per heavy atom. The van der Waals surface area contributed by atoms with E-state index in [0.717, 1.165) is 16.7 Å². The molecule has 1 aliphatic carbocycles. The summed E-state index contributed by atoms with van der Waals surface area (Å²) in [7, 11) is 0. The van der Waals surface area contributed by atoms with Crippen LogP contribution in [-0.2, 0) is 6.42 Å². The summed E-state index contributed by atoms with van der Waals surface area (Å²) in [5.41, 5.74) is 11.0. The summed E-state index contributed by atoms with van der Waals surface area (Å²) in [5.74, 6) is 0.701. The monoisotopic (exact) mass is 437 g/mol. The Bertz CT molecular complexity index is 1410. The Hall–Kier alpha value is -4.25. The quantitative estimate of drug-likeness (QED) is 0.254. The van der Waals surface area contributed by atoms with E-state index in [1.807, 2.05) is 68.4 Å². The van der Waals surface area contributed by atoms with Crippen LogP contribution in [0.2, 0.25) is 0 Å². The van der Waals surface area contributed by atoms with Gasteiger partial charge in [-0.2, -0.15) is 0 Å². The summed E-state index contributed by atoms with van der Waals surface area (Å²) in [4.78, 5) is 13.3. The zero-order valence-corrected chi connectivity index (χ0v) is 18.4. The van der Waals surface area contributed by atoms with Gasteiger partial charge < -0.3 is 20.3 Å². The lowest BCUT2D eigenvalue weighted by Gasteiger charge is -2.25. The van der Waals surface area contributed by atoms with Crippen molar-refractivity contribution in [2.24, 2.45) is 0 Å². The Labute approximate surface area is 192 Å². The van der Waals surface area contributed by atoms with Gasteiger partial charge in [0.15, 0.2) is 17.3 Å². The SMILES string of the molecule is Cc1cccc(Oc2c(N)c3c(c(O)c2Oc2cccc(C)c2)C(=O)c2ccccc2C3)c1. The van der Waals surface area contributed by atoms with Crippen LogP contribution in [0.15, 0.2) is 72.8 Å². The molecule has 5 rings (SSSR count). The van der Waals surface area contributed by atoms with Gasteiger partial charge >= 0.3 is 0 Å². The number of benzene rings is 4. The van der Waals surface area contributed by atoms with Gasteiger partial charge in [-0.25, -0.2) is 0 Å². The van der Waals surface area contributed by atoms with Crippen LogP contribution in [0.25, 0.3) is 0 Å². The minimum Gasteiger partial charge on any atom is -0.504 e. The summed E-state index contributed by atoms with van der Waals surface area (Å²) >= 11 is 0. The van der Waals surface area contributed by atoms with Crippen molar-refractivity contribution in [2.45, 2.75) is 20.3 Å². The molecular formula is C28H23NO4. The number of nitrogen functional groups attached to an aromatic ring is 1. The molecule has 0 saturated heterocycles. The van der Waals surface area contributed by atoms with Gasteiger partial charge in [0.25, 0.3) is 0 Å². The Kier molecular flexibility index (Phi) is 5.02. The molecule has 0 amide bonds. The number of carbonyl (C=O) groups is 1. The van der Waals surface area contributed by atoms with Gasteiger partial charge in [0.2, 0.25) is 5.75 Å². The molecule has 0 atom stereocenters. The number of phenolic OH excluding ortho intramolecular Hbond substituents is 1. The normalized spacial score (nSPS) is 12.1. The van der Waals surface area contributed by atoms with Gasteiger partial charge in [-0.15, -0.1) is 0 Å². The topological polar surface area (TPSA) is 81.8 Å². The smallest absolute Gasteiger partial charge is 0.214 e. The lowest BCUT2D eigenvalue weighted by molar-refractivity contribution is 0.103. The molecule has 164 valence electrons. The first-order chi connectivity index (χ1) is 15.9. The molecule has 0 bridgehead atoms. The molecule has 0 heterocycles. The van der Waals surface area contributed by atoms with Crippen LogP contribution in [0.4, 0.5) is 5.69 Å². The second kappa shape index (κ2) is 8.02. The molecule has 3 N–H and O–H groups in total. The second-order valence-electron chi connectivity index (χ2n) is 8.27. The number of rotatable bonds is 4. The lowest BCUT2D eigenvalue weighted by Crippen LogP contribution is -2.18. The summed E-state index contributed by atoms with van der Waals surface area (Å²) < 4.78 is 12.3. The van der Waals surface area contributed by atoms with Crippen molar-refractivity contribution in [3.63, 3.8) is 0 Å². The van der Waals surface area contributed by atoms with Crippen LogP contribution in [-0.4, -0.2) is 10.9 Å². The van der Waals surface area contributed by atoms with Crippen LogP contribution in [0.3, 0.4) is 0 Å². The highest BCUT2D eigenvalue weighted by molar-refractivity contribution is 6.15. The molecule has 0 radical (unpaired) electrons.